The van der Waals surface area contributed by atoms with Crippen LogP contribution in [0.5, 0.6) is 0 Å². The number of hydrogen-bond acceptors (Lipinski definition) is 1. The fourth-order valence-corrected chi connectivity index (χ4v) is 2.95. The van der Waals surface area contributed by atoms with Gasteiger partial charge >= 0.3 is 0 Å². The molecule has 0 aromatic heterocycles. The molecule has 0 aromatic carbocycles. The summed E-state index contributed by atoms with van der Waals surface area (Å²) >= 11 is 0. The molecular weight excluding hydrogens is 138 g/mol. The quantitative estimate of drug-likeness (QED) is 0.547. The van der Waals surface area contributed by atoms with Gasteiger partial charge < -0.3 is 4.57 Å². The van der Waals surface area contributed by atoms with Crippen molar-refractivity contribution in [3.63, 3.8) is 0 Å². The average Bonchev–Trinajstić information content (AvgIpc) is 2.05. The Morgan fingerprint density at radius 1 is 1.30 bits per heavy atom. The van der Waals surface area contributed by atoms with E-state index in [1.807, 2.05) is 0 Å². The van der Waals surface area contributed by atoms with Crippen LogP contribution in [0, 0.1) is 0 Å². The summed E-state index contributed by atoms with van der Waals surface area (Å²) in [6.45, 7) is 8.88. The zero-order chi connectivity index (χ0) is 7.40. The van der Waals surface area contributed by atoms with Crippen molar-refractivity contribution in [3.8, 4) is 0 Å². The molecule has 1 atom stereocenters. The van der Waals surface area contributed by atoms with E-state index in [-0.39, 0.29) is 0 Å². The fourth-order valence-electron chi connectivity index (χ4n) is 1.47. The Morgan fingerprint density at radius 2 is 1.90 bits per heavy atom. The largest absolute Gasteiger partial charge is 0.323 e. The van der Waals surface area contributed by atoms with E-state index in [1.54, 1.807) is 0 Å². The van der Waals surface area contributed by atoms with Crippen molar-refractivity contribution in [1.82, 2.24) is 4.57 Å². The van der Waals surface area contributed by atoms with Crippen molar-refractivity contribution >= 4 is 8.96 Å². The minimum absolute atomic E-state index is 0.665. The van der Waals surface area contributed by atoms with Crippen LogP contribution in [0.2, 0.25) is 6.55 Å². The number of rotatable bonds is 2. The lowest BCUT2D eigenvalue weighted by Gasteiger charge is -2.29. The highest BCUT2D eigenvalue weighted by Gasteiger charge is 2.14. The zero-order valence-electron chi connectivity index (χ0n) is 6.84. The smallest absolute Gasteiger partial charge is 0.132 e. The van der Waals surface area contributed by atoms with Crippen LogP contribution >= 0.6 is 0 Å². The predicted molar refractivity (Wildman–Crippen MR) is 48.6 cm³/mol. The lowest BCUT2D eigenvalue weighted by molar-refractivity contribution is 0.356. The molecule has 1 unspecified atom stereocenters. The normalized spacial score (nSPS) is 24.1. The highest BCUT2D eigenvalue weighted by molar-refractivity contribution is 6.59. The molecule has 0 spiro atoms. The lowest BCUT2D eigenvalue weighted by atomic mass is 10.2. The van der Waals surface area contributed by atoms with Gasteiger partial charge in [-0.15, -0.1) is 6.58 Å². The van der Waals surface area contributed by atoms with E-state index in [0.717, 1.165) is 0 Å². The Hall–Kier alpha value is -0.0831. The molecule has 10 heavy (non-hydrogen) atoms. The zero-order valence-corrected chi connectivity index (χ0v) is 8.00. The average molecular weight is 155 g/mol. The van der Waals surface area contributed by atoms with E-state index < -0.39 is 8.96 Å². The minimum Gasteiger partial charge on any atom is -0.323 e. The van der Waals surface area contributed by atoms with Crippen LogP contribution in [-0.4, -0.2) is 26.6 Å². The Morgan fingerprint density at radius 3 is 2.40 bits per heavy atom. The number of piperidine rings is 1. The lowest BCUT2D eigenvalue weighted by Crippen LogP contribution is -2.39. The summed E-state index contributed by atoms with van der Waals surface area (Å²) in [6.07, 6.45) is 4.26. The van der Waals surface area contributed by atoms with E-state index >= 15 is 0 Å². The molecule has 0 radical (unpaired) electrons. The Balaban J connectivity index is 2.30. The minimum atomic E-state index is -0.665. The topological polar surface area (TPSA) is 3.24 Å². The molecule has 0 bridgehead atoms. The van der Waals surface area contributed by atoms with E-state index in [1.165, 1.54) is 32.4 Å². The van der Waals surface area contributed by atoms with Crippen LogP contribution in [0.4, 0.5) is 0 Å². The van der Waals surface area contributed by atoms with E-state index in [4.69, 9.17) is 0 Å². The molecule has 2 heteroatoms. The first kappa shape index (κ1) is 8.02. The maximum Gasteiger partial charge on any atom is 0.132 e. The van der Waals surface area contributed by atoms with Crippen molar-refractivity contribution in [2.75, 3.05) is 13.1 Å². The van der Waals surface area contributed by atoms with Crippen molar-refractivity contribution < 1.29 is 0 Å². The third-order valence-electron chi connectivity index (χ3n) is 2.31. The molecular formula is C8H17NSi. The van der Waals surface area contributed by atoms with Crippen molar-refractivity contribution in [3.05, 3.63) is 12.3 Å². The van der Waals surface area contributed by atoms with Gasteiger partial charge in [0, 0.05) is 0 Å². The summed E-state index contributed by atoms with van der Waals surface area (Å²) in [4.78, 5) is 0. The van der Waals surface area contributed by atoms with E-state index in [0.29, 0.717) is 0 Å². The molecule has 1 rings (SSSR count). The van der Waals surface area contributed by atoms with Gasteiger partial charge in [-0.3, -0.25) is 0 Å². The monoisotopic (exact) mass is 155 g/mol. The standard InChI is InChI=1S/C8H17NSi/c1-3-10(2)9-7-5-4-6-8-9/h3,10H,1,4-8H2,2H3. The molecule has 0 N–H and O–H groups in total. The summed E-state index contributed by atoms with van der Waals surface area (Å²) < 4.78 is 2.64. The molecule has 0 saturated carbocycles. The molecule has 1 aliphatic heterocycles. The molecule has 1 aliphatic rings. The summed E-state index contributed by atoms with van der Waals surface area (Å²) in [5.74, 6) is 0. The van der Waals surface area contributed by atoms with Crippen LogP contribution < -0.4 is 0 Å². The Bertz CT molecular complexity index is 108. The maximum absolute atomic E-state index is 3.86. The van der Waals surface area contributed by atoms with Gasteiger partial charge in [0.15, 0.2) is 0 Å². The molecule has 58 valence electrons. The molecule has 1 heterocycles. The highest BCUT2D eigenvalue weighted by atomic mass is 28.3. The molecule has 1 saturated heterocycles. The molecule has 1 nitrogen and oxygen atoms in total. The first-order valence-corrected chi connectivity index (χ1v) is 6.55. The summed E-state index contributed by atoms with van der Waals surface area (Å²) in [5.41, 5.74) is 2.17. The molecule has 0 aliphatic carbocycles. The van der Waals surface area contributed by atoms with Crippen LogP contribution in [0.1, 0.15) is 19.3 Å². The maximum atomic E-state index is 3.86. The molecule has 0 amide bonds. The van der Waals surface area contributed by atoms with E-state index in [9.17, 15) is 0 Å². The summed E-state index contributed by atoms with van der Waals surface area (Å²) in [5, 5.41) is 0. The summed E-state index contributed by atoms with van der Waals surface area (Å²) in [7, 11) is -0.665. The molecule has 1 fully saturated rings. The second-order valence-electron chi connectivity index (χ2n) is 3.07. The van der Waals surface area contributed by atoms with Gasteiger partial charge in [-0.2, -0.15) is 0 Å². The number of nitrogens with zero attached hydrogens (tertiary/aromatic N) is 1. The van der Waals surface area contributed by atoms with Crippen molar-refractivity contribution in [2.45, 2.75) is 25.8 Å². The van der Waals surface area contributed by atoms with Crippen molar-refractivity contribution in [1.29, 1.82) is 0 Å². The van der Waals surface area contributed by atoms with Crippen molar-refractivity contribution in [2.24, 2.45) is 0 Å². The third kappa shape index (κ3) is 1.96. The van der Waals surface area contributed by atoms with Gasteiger partial charge in [0.25, 0.3) is 0 Å². The van der Waals surface area contributed by atoms with Crippen LogP contribution in [0.25, 0.3) is 0 Å². The SMILES string of the molecule is C=C[SiH](C)N1CCCCC1. The third-order valence-corrected chi connectivity index (χ3v) is 4.66. The van der Waals surface area contributed by atoms with Gasteiger partial charge in [0.05, 0.1) is 0 Å². The Kier molecular flexibility index (Phi) is 3.16. The van der Waals surface area contributed by atoms with Crippen LogP contribution in [-0.2, 0) is 0 Å². The van der Waals surface area contributed by atoms with Gasteiger partial charge in [-0.25, -0.2) is 0 Å². The van der Waals surface area contributed by atoms with Gasteiger partial charge in [0.2, 0.25) is 0 Å². The van der Waals surface area contributed by atoms with Gasteiger partial charge in [0.1, 0.15) is 8.96 Å². The number of hydrogen-bond donors (Lipinski definition) is 0. The second kappa shape index (κ2) is 3.94. The Labute approximate surface area is 65.4 Å². The van der Waals surface area contributed by atoms with Gasteiger partial charge in [-0.1, -0.05) is 18.7 Å². The highest BCUT2D eigenvalue weighted by Crippen LogP contribution is 2.10. The first-order valence-electron chi connectivity index (χ1n) is 4.21. The van der Waals surface area contributed by atoms with E-state index in [2.05, 4.69) is 23.4 Å². The van der Waals surface area contributed by atoms with Crippen LogP contribution in [0.15, 0.2) is 12.3 Å². The van der Waals surface area contributed by atoms with Gasteiger partial charge in [-0.05, 0) is 25.9 Å². The summed E-state index contributed by atoms with van der Waals surface area (Å²) in [6, 6.07) is 0. The molecule has 0 aromatic rings. The van der Waals surface area contributed by atoms with Crippen LogP contribution in [0.3, 0.4) is 0 Å². The predicted octanol–water partition coefficient (Wildman–Crippen LogP) is 1.55. The second-order valence-corrected chi connectivity index (χ2v) is 5.76. The fraction of sp³-hybridized carbons (Fsp3) is 0.750. The first-order chi connectivity index (χ1) is 4.84.